The predicted octanol–water partition coefficient (Wildman–Crippen LogP) is 6.07. The van der Waals surface area contributed by atoms with Gasteiger partial charge in [0, 0.05) is 23.4 Å². The number of nitrogens with zero attached hydrogens (tertiary/aromatic N) is 5. The number of nitro groups is 1. The Labute approximate surface area is 183 Å². The summed E-state index contributed by atoms with van der Waals surface area (Å²) in [5, 5.41) is 30.5. The second kappa shape index (κ2) is 8.87. The Bertz CT molecular complexity index is 1320. The standard InChI is InChI=1S/C20H13F4N7O2/c1-10-14(9-25)19(27-12-4-2-3-11(7-12)20(22,23)24)28-18(26)17(10)30-29-16-8-13(31(32)33)5-6-15(16)21/h2-8H,1H3,(H3,26,27,28). The molecule has 1 heterocycles. The minimum Gasteiger partial charge on any atom is -0.382 e. The van der Waals surface area contributed by atoms with Gasteiger partial charge in [0.05, 0.1) is 16.1 Å². The van der Waals surface area contributed by atoms with Gasteiger partial charge >= 0.3 is 6.18 Å². The lowest BCUT2D eigenvalue weighted by Gasteiger charge is -2.14. The van der Waals surface area contributed by atoms with Crippen LogP contribution in [0.4, 0.5) is 51.9 Å². The number of pyridine rings is 1. The van der Waals surface area contributed by atoms with E-state index in [4.69, 9.17) is 5.73 Å². The van der Waals surface area contributed by atoms with Crippen molar-refractivity contribution < 1.29 is 22.5 Å². The van der Waals surface area contributed by atoms with Gasteiger partial charge in [0.2, 0.25) is 0 Å². The molecular formula is C20H13F4N7O2. The number of nitrogens with one attached hydrogen (secondary N) is 1. The molecule has 0 amide bonds. The summed E-state index contributed by atoms with van der Waals surface area (Å²) < 4.78 is 52.8. The molecule has 0 atom stereocenters. The fourth-order valence-corrected chi connectivity index (χ4v) is 2.78. The van der Waals surface area contributed by atoms with E-state index in [-0.39, 0.29) is 34.1 Å². The molecule has 0 saturated carbocycles. The van der Waals surface area contributed by atoms with Gasteiger partial charge in [0.1, 0.15) is 17.4 Å². The molecule has 0 bridgehead atoms. The van der Waals surface area contributed by atoms with Gasteiger partial charge < -0.3 is 11.1 Å². The van der Waals surface area contributed by atoms with Crippen molar-refractivity contribution in [1.29, 1.82) is 5.26 Å². The molecule has 9 nitrogen and oxygen atoms in total. The Balaban J connectivity index is 2.00. The maximum Gasteiger partial charge on any atom is 0.416 e. The normalized spacial score (nSPS) is 11.4. The van der Waals surface area contributed by atoms with Crippen molar-refractivity contribution >= 4 is 34.4 Å². The van der Waals surface area contributed by atoms with Crippen LogP contribution in [0.5, 0.6) is 0 Å². The largest absolute Gasteiger partial charge is 0.416 e. The summed E-state index contributed by atoms with van der Waals surface area (Å²) in [5.74, 6) is -1.25. The van der Waals surface area contributed by atoms with Crippen molar-refractivity contribution in [3.8, 4) is 6.07 Å². The number of halogens is 4. The van der Waals surface area contributed by atoms with Gasteiger partial charge in [-0.25, -0.2) is 9.37 Å². The number of non-ortho nitro benzene ring substituents is 1. The van der Waals surface area contributed by atoms with Crippen LogP contribution in [0.2, 0.25) is 0 Å². The fourth-order valence-electron chi connectivity index (χ4n) is 2.78. The molecule has 0 aliphatic carbocycles. The summed E-state index contributed by atoms with van der Waals surface area (Å²) in [7, 11) is 0. The molecule has 33 heavy (non-hydrogen) atoms. The summed E-state index contributed by atoms with van der Waals surface area (Å²) in [6, 6.07) is 8.80. The van der Waals surface area contributed by atoms with Crippen LogP contribution in [0.25, 0.3) is 0 Å². The molecule has 0 radical (unpaired) electrons. The number of benzene rings is 2. The molecule has 0 saturated heterocycles. The summed E-state index contributed by atoms with van der Waals surface area (Å²) in [4.78, 5) is 14.1. The first-order chi connectivity index (χ1) is 15.5. The van der Waals surface area contributed by atoms with Gasteiger partial charge in [-0.15, -0.1) is 10.2 Å². The SMILES string of the molecule is Cc1c(C#N)c(Nc2cccc(C(F)(F)F)c2)nc(N)c1N=Nc1cc([N+](=O)[O-])ccc1F. The number of hydrogen-bond acceptors (Lipinski definition) is 8. The number of alkyl halides is 3. The molecule has 0 aliphatic rings. The van der Waals surface area contributed by atoms with Gasteiger partial charge in [-0.3, -0.25) is 10.1 Å². The van der Waals surface area contributed by atoms with Gasteiger partial charge in [-0.2, -0.15) is 18.4 Å². The van der Waals surface area contributed by atoms with E-state index < -0.39 is 33.9 Å². The quantitative estimate of drug-likeness (QED) is 0.205. The van der Waals surface area contributed by atoms with Crippen LogP contribution in [0, 0.1) is 34.2 Å². The third-order valence-electron chi connectivity index (χ3n) is 4.40. The Hall–Kier alpha value is -4.60. The first kappa shape index (κ1) is 23.1. The van der Waals surface area contributed by atoms with E-state index in [9.17, 15) is 32.9 Å². The molecule has 0 aliphatic heterocycles. The second-order valence-corrected chi connectivity index (χ2v) is 6.60. The van der Waals surface area contributed by atoms with Crippen LogP contribution >= 0.6 is 0 Å². The van der Waals surface area contributed by atoms with Crippen molar-refractivity contribution in [2.75, 3.05) is 11.1 Å². The smallest absolute Gasteiger partial charge is 0.382 e. The highest BCUT2D eigenvalue weighted by Gasteiger charge is 2.30. The average molecular weight is 459 g/mol. The lowest BCUT2D eigenvalue weighted by Crippen LogP contribution is -2.07. The molecule has 2 aromatic carbocycles. The van der Waals surface area contributed by atoms with E-state index >= 15 is 0 Å². The van der Waals surface area contributed by atoms with Crippen LogP contribution in [0.1, 0.15) is 16.7 Å². The predicted molar refractivity (Wildman–Crippen MR) is 110 cm³/mol. The lowest BCUT2D eigenvalue weighted by atomic mass is 10.1. The summed E-state index contributed by atoms with van der Waals surface area (Å²) >= 11 is 0. The molecular weight excluding hydrogens is 446 g/mol. The number of aromatic nitrogens is 1. The molecule has 0 unspecified atom stereocenters. The molecule has 3 rings (SSSR count). The first-order valence-electron chi connectivity index (χ1n) is 9.01. The van der Waals surface area contributed by atoms with Crippen molar-refractivity contribution in [2.24, 2.45) is 10.2 Å². The highest BCUT2D eigenvalue weighted by molar-refractivity contribution is 5.75. The van der Waals surface area contributed by atoms with Crippen molar-refractivity contribution in [1.82, 2.24) is 4.98 Å². The topological polar surface area (TPSA) is 143 Å². The number of rotatable bonds is 5. The van der Waals surface area contributed by atoms with Crippen LogP contribution in [-0.4, -0.2) is 9.91 Å². The fraction of sp³-hybridized carbons (Fsp3) is 0.100. The zero-order chi connectivity index (χ0) is 24.3. The number of anilines is 3. The van der Waals surface area contributed by atoms with E-state index in [2.05, 4.69) is 20.5 Å². The number of azo groups is 1. The third kappa shape index (κ3) is 5.01. The van der Waals surface area contributed by atoms with Crippen LogP contribution in [0.15, 0.2) is 52.7 Å². The average Bonchev–Trinajstić information content (AvgIpc) is 2.74. The van der Waals surface area contributed by atoms with E-state index in [1.807, 2.05) is 6.07 Å². The Kier molecular flexibility index (Phi) is 6.20. The summed E-state index contributed by atoms with van der Waals surface area (Å²) in [5.41, 5.74) is 4.12. The number of nitrogens with two attached hydrogens (primary N) is 1. The van der Waals surface area contributed by atoms with Crippen LogP contribution in [-0.2, 0) is 6.18 Å². The van der Waals surface area contributed by atoms with Gasteiger partial charge in [-0.05, 0) is 31.2 Å². The second-order valence-electron chi connectivity index (χ2n) is 6.60. The van der Waals surface area contributed by atoms with E-state index in [1.54, 1.807) is 0 Å². The van der Waals surface area contributed by atoms with Gasteiger partial charge in [-0.1, -0.05) is 6.07 Å². The van der Waals surface area contributed by atoms with Crippen LogP contribution in [0.3, 0.4) is 0 Å². The molecule has 1 aromatic heterocycles. The Morgan fingerprint density at radius 3 is 2.58 bits per heavy atom. The lowest BCUT2D eigenvalue weighted by molar-refractivity contribution is -0.384. The zero-order valence-electron chi connectivity index (χ0n) is 16.7. The summed E-state index contributed by atoms with van der Waals surface area (Å²) in [6.45, 7) is 1.44. The highest BCUT2D eigenvalue weighted by atomic mass is 19.4. The monoisotopic (exact) mass is 459 g/mol. The Morgan fingerprint density at radius 2 is 1.94 bits per heavy atom. The molecule has 3 aromatic rings. The number of nitrogen functional groups attached to an aromatic ring is 1. The molecule has 0 fully saturated rings. The molecule has 0 spiro atoms. The third-order valence-corrected chi connectivity index (χ3v) is 4.40. The van der Waals surface area contributed by atoms with Crippen molar-refractivity contribution in [3.63, 3.8) is 0 Å². The maximum absolute atomic E-state index is 13.9. The Morgan fingerprint density at radius 1 is 1.21 bits per heavy atom. The number of nitriles is 1. The van der Waals surface area contributed by atoms with Gasteiger partial charge in [0.15, 0.2) is 17.5 Å². The minimum absolute atomic E-state index is 0.0145. The van der Waals surface area contributed by atoms with Crippen molar-refractivity contribution in [3.05, 3.63) is 75.1 Å². The summed E-state index contributed by atoms with van der Waals surface area (Å²) in [6.07, 6.45) is -4.57. The van der Waals surface area contributed by atoms with E-state index in [0.717, 1.165) is 30.3 Å². The van der Waals surface area contributed by atoms with Gasteiger partial charge in [0.25, 0.3) is 5.69 Å². The van der Waals surface area contributed by atoms with Crippen molar-refractivity contribution in [2.45, 2.75) is 13.1 Å². The van der Waals surface area contributed by atoms with E-state index in [1.165, 1.54) is 19.1 Å². The van der Waals surface area contributed by atoms with Crippen LogP contribution < -0.4 is 11.1 Å². The zero-order valence-corrected chi connectivity index (χ0v) is 16.7. The highest BCUT2D eigenvalue weighted by Crippen LogP contribution is 2.36. The first-order valence-corrected chi connectivity index (χ1v) is 9.01. The van der Waals surface area contributed by atoms with E-state index in [0.29, 0.717) is 0 Å². The number of hydrogen-bond donors (Lipinski definition) is 2. The molecule has 13 heteroatoms. The minimum atomic E-state index is -4.57. The number of nitro benzene ring substituents is 1. The molecule has 3 N–H and O–H groups in total. The maximum atomic E-state index is 13.9. The molecule has 168 valence electrons.